The monoisotopic (exact) mass is 212 g/mol. The van der Waals surface area contributed by atoms with Crippen LogP contribution in [0.15, 0.2) is 0 Å². The number of rotatable bonds is 5. The van der Waals surface area contributed by atoms with Crippen molar-refractivity contribution in [2.45, 2.75) is 53.0 Å². The zero-order valence-corrected chi connectivity index (χ0v) is 11.0. The molecule has 1 heterocycles. The van der Waals surface area contributed by atoms with E-state index in [1.54, 1.807) is 0 Å². The lowest BCUT2D eigenvalue weighted by Crippen LogP contribution is -2.44. The van der Waals surface area contributed by atoms with Crippen molar-refractivity contribution in [2.75, 3.05) is 26.2 Å². The lowest BCUT2D eigenvalue weighted by atomic mass is 9.89. The summed E-state index contributed by atoms with van der Waals surface area (Å²) in [6.45, 7) is 14.2. The first-order valence-corrected chi connectivity index (χ1v) is 6.53. The summed E-state index contributed by atoms with van der Waals surface area (Å²) >= 11 is 0. The molecule has 90 valence electrons. The molecule has 0 aliphatic carbocycles. The molecule has 0 saturated carbocycles. The Morgan fingerprint density at radius 3 is 2.27 bits per heavy atom. The van der Waals surface area contributed by atoms with Gasteiger partial charge in [-0.2, -0.15) is 0 Å². The van der Waals surface area contributed by atoms with Gasteiger partial charge in [0.05, 0.1) is 0 Å². The molecule has 1 aliphatic rings. The molecule has 1 fully saturated rings. The zero-order chi connectivity index (χ0) is 11.3. The highest BCUT2D eigenvalue weighted by Gasteiger charge is 2.20. The molecule has 0 aromatic carbocycles. The Hall–Kier alpha value is -0.0800. The fourth-order valence-electron chi connectivity index (χ4n) is 2.00. The third kappa shape index (κ3) is 4.52. The van der Waals surface area contributed by atoms with Crippen LogP contribution in [0.5, 0.6) is 0 Å². The number of piperidine rings is 1. The van der Waals surface area contributed by atoms with Crippen molar-refractivity contribution in [1.82, 2.24) is 10.2 Å². The molecule has 0 aromatic heterocycles. The molecule has 0 radical (unpaired) electrons. The van der Waals surface area contributed by atoms with Gasteiger partial charge >= 0.3 is 0 Å². The average Bonchev–Trinajstić information content (AvgIpc) is 2.27. The van der Waals surface area contributed by atoms with E-state index in [9.17, 15) is 0 Å². The van der Waals surface area contributed by atoms with Crippen LogP contribution in [0.4, 0.5) is 0 Å². The summed E-state index contributed by atoms with van der Waals surface area (Å²) in [5.74, 6) is 0. The summed E-state index contributed by atoms with van der Waals surface area (Å²) in [6.07, 6.45) is 3.91. The van der Waals surface area contributed by atoms with Gasteiger partial charge in [0, 0.05) is 12.6 Å². The van der Waals surface area contributed by atoms with E-state index >= 15 is 0 Å². The smallest absolute Gasteiger partial charge is 0.00916 e. The summed E-state index contributed by atoms with van der Waals surface area (Å²) < 4.78 is 0. The molecule has 0 spiro atoms. The summed E-state index contributed by atoms with van der Waals surface area (Å²) in [7, 11) is 0. The van der Waals surface area contributed by atoms with E-state index in [4.69, 9.17) is 0 Å². The molecule has 1 N–H and O–H groups in total. The second-order valence-electron chi connectivity index (χ2n) is 5.61. The Bertz CT molecular complexity index is 169. The van der Waals surface area contributed by atoms with Crippen molar-refractivity contribution in [1.29, 1.82) is 0 Å². The molecule has 1 aliphatic heterocycles. The molecule has 1 saturated heterocycles. The summed E-state index contributed by atoms with van der Waals surface area (Å²) in [5.41, 5.74) is 0.460. The van der Waals surface area contributed by atoms with Crippen molar-refractivity contribution in [2.24, 2.45) is 5.41 Å². The highest BCUT2D eigenvalue weighted by molar-refractivity contribution is 4.79. The van der Waals surface area contributed by atoms with Gasteiger partial charge in [0.15, 0.2) is 0 Å². The number of nitrogens with one attached hydrogen (secondary N) is 1. The minimum absolute atomic E-state index is 0.460. The van der Waals surface area contributed by atoms with Crippen LogP contribution in [0.2, 0.25) is 0 Å². The van der Waals surface area contributed by atoms with Gasteiger partial charge in [0.2, 0.25) is 0 Å². The molecule has 2 heteroatoms. The van der Waals surface area contributed by atoms with Crippen LogP contribution in [0.3, 0.4) is 0 Å². The Morgan fingerprint density at radius 1 is 1.20 bits per heavy atom. The normalized spacial score (nSPS) is 20.8. The van der Waals surface area contributed by atoms with Crippen LogP contribution >= 0.6 is 0 Å². The van der Waals surface area contributed by atoms with Gasteiger partial charge in [-0.15, -0.1) is 0 Å². The van der Waals surface area contributed by atoms with Crippen molar-refractivity contribution in [3.8, 4) is 0 Å². The van der Waals surface area contributed by atoms with E-state index in [0.717, 1.165) is 6.04 Å². The topological polar surface area (TPSA) is 15.3 Å². The SMILES string of the molecule is CCN1CCC(NCC(C)(C)CC)CC1. The Kier molecular flexibility index (Phi) is 5.07. The standard InChI is InChI=1S/C13H28N2/c1-5-13(3,4)11-14-12-7-9-15(6-2)10-8-12/h12,14H,5-11H2,1-4H3. The first kappa shape index (κ1) is 13.0. The second-order valence-corrected chi connectivity index (χ2v) is 5.61. The van der Waals surface area contributed by atoms with Crippen molar-refractivity contribution < 1.29 is 0 Å². The van der Waals surface area contributed by atoms with E-state index in [1.807, 2.05) is 0 Å². The van der Waals surface area contributed by atoms with Crippen molar-refractivity contribution in [3.63, 3.8) is 0 Å². The van der Waals surface area contributed by atoms with E-state index in [-0.39, 0.29) is 0 Å². The number of nitrogens with zero attached hydrogens (tertiary/aromatic N) is 1. The number of likely N-dealkylation sites (tertiary alicyclic amines) is 1. The van der Waals surface area contributed by atoms with Crippen LogP contribution in [0.1, 0.15) is 47.0 Å². The Labute approximate surface area is 95.4 Å². The maximum Gasteiger partial charge on any atom is 0.00916 e. The van der Waals surface area contributed by atoms with Crippen LogP contribution in [0.25, 0.3) is 0 Å². The second kappa shape index (κ2) is 5.86. The van der Waals surface area contributed by atoms with Gasteiger partial charge in [-0.25, -0.2) is 0 Å². The number of hydrogen-bond acceptors (Lipinski definition) is 2. The lowest BCUT2D eigenvalue weighted by molar-refractivity contribution is 0.194. The minimum atomic E-state index is 0.460. The average molecular weight is 212 g/mol. The Morgan fingerprint density at radius 2 is 1.80 bits per heavy atom. The summed E-state index contributed by atoms with van der Waals surface area (Å²) in [4.78, 5) is 2.54. The van der Waals surface area contributed by atoms with E-state index in [2.05, 4.69) is 37.9 Å². The third-order valence-electron chi connectivity index (χ3n) is 3.86. The predicted molar refractivity (Wildman–Crippen MR) is 67.2 cm³/mol. The van der Waals surface area contributed by atoms with E-state index < -0.39 is 0 Å². The largest absolute Gasteiger partial charge is 0.313 e. The quantitative estimate of drug-likeness (QED) is 0.753. The maximum absolute atomic E-state index is 3.73. The molecule has 1 rings (SSSR count). The van der Waals surface area contributed by atoms with Crippen molar-refractivity contribution in [3.05, 3.63) is 0 Å². The van der Waals surface area contributed by atoms with Gasteiger partial charge < -0.3 is 10.2 Å². The first-order chi connectivity index (χ1) is 7.07. The van der Waals surface area contributed by atoms with Crippen molar-refractivity contribution >= 4 is 0 Å². The molecule has 0 aromatic rings. The molecule has 2 nitrogen and oxygen atoms in total. The van der Waals surface area contributed by atoms with Gasteiger partial charge in [-0.05, 0) is 44.3 Å². The lowest BCUT2D eigenvalue weighted by Gasteiger charge is -2.34. The van der Waals surface area contributed by atoms with Gasteiger partial charge in [0.1, 0.15) is 0 Å². The fraction of sp³-hybridized carbons (Fsp3) is 1.00. The van der Waals surface area contributed by atoms with Gasteiger partial charge in [-0.1, -0.05) is 27.7 Å². The number of hydrogen-bond donors (Lipinski definition) is 1. The van der Waals surface area contributed by atoms with Crippen LogP contribution in [-0.2, 0) is 0 Å². The minimum Gasteiger partial charge on any atom is -0.313 e. The van der Waals surface area contributed by atoms with Gasteiger partial charge in [-0.3, -0.25) is 0 Å². The van der Waals surface area contributed by atoms with Gasteiger partial charge in [0.25, 0.3) is 0 Å². The molecule has 0 bridgehead atoms. The van der Waals surface area contributed by atoms with Crippen LogP contribution in [0, 0.1) is 5.41 Å². The van der Waals surface area contributed by atoms with E-state index in [0.29, 0.717) is 5.41 Å². The Balaban J connectivity index is 2.19. The molecule has 0 atom stereocenters. The highest BCUT2D eigenvalue weighted by atomic mass is 15.1. The first-order valence-electron chi connectivity index (χ1n) is 6.53. The van der Waals surface area contributed by atoms with E-state index in [1.165, 1.54) is 45.4 Å². The molecule has 0 amide bonds. The predicted octanol–water partition coefficient (Wildman–Crippen LogP) is 2.50. The molecule has 15 heavy (non-hydrogen) atoms. The maximum atomic E-state index is 3.73. The molecular formula is C13H28N2. The summed E-state index contributed by atoms with van der Waals surface area (Å²) in [5, 5.41) is 3.73. The zero-order valence-electron chi connectivity index (χ0n) is 11.0. The third-order valence-corrected chi connectivity index (χ3v) is 3.86. The highest BCUT2D eigenvalue weighted by Crippen LogP contribution is 2.19. The molecular weight excluding hydrogens is 184 g/mol. The van der Waals surface area contributed by atoms with Crippen LogP contribution < -0.4 is 5.32 Å². The summed E-state index contributed by atoms with van der Waals surface area (Å²) in [6, 6.07) is 0.763. The fourth-order valence-corrected chi connectivity index (χ4v) is 2.00. The molecule has 0 unspecified atom stereocenters. The van der Waals surface area contributed by atoms with Crippen LogP contribution in [-0.4, -0.2) is 37.1 Å².